The fraction of sp³-hybridized carbons (Fsp3) is 0.667. The van der Waals surface area contributed by atoms with Crippen LogP contribution in [0.2, 0.25) is 0 Å². The van der Waals surface area contributed by atoms with Gasteiger partial charge < -0.3 is 9.88 Å². The molecule has 1 aromatic heterocycles. The highest BCUT2D eigenvalue weighted by Gasteiger charge is 2.01. The molecule has 0 aromatic carbocycles. The molecule has 0 atom stereocenters. The summed E-state index contributed by atoms with van der Waals surface area (Å²) < 4.78 is 2.36. The van der Waals surface area contributed by atoms with Crippen LogP contribution in [0, 0.1) is 6.92 Å². The van der Waals surface area contributed by atoms with Crippen LogP contribution in [0.1, 0.15) is 38.1 Å². The number of nitrogens with one attached hydrogen (secondary N) is 1. The molecular formula is C12H22N2. The fourth-order valence-electron chi connectivity index (χ4n) is 1.75. The lowest BCUT2D eigenvalue weighted by Gasteiger charge is -2.09. The number of nitrogens with zero attached hydrogens (tertiary/aromatic N) is 1. The second kappa shape index (κ2) is 5.86. The molecule has 0 unspecified atom stereocenters. The summed E-state index contributed by atoms with van der Waals surface area (Å²) in [6.45, 7) is 9.79. The third kappa shape index (κ3) is 2.88. The Balaban J connectivity index is 2.42. The van der Waals surface area contributed by atoms with Gasteiger partial charge in [-0.3, -0.25) is 0 Å². The van der Waals surface area contributed by atoms with Crippen LogP contribution in [0.4, 0.5) is 0 Å². The molecule has 0 bridgehead atoms. The van der Waals surface area contributed by atoms with E-state index < -0.39 is 0 Å². The van der Waals surface area contributed by atoms with E-state index in [0.717, 1.165) is 19.6 Å². The van der Waals surface area contributed by atoms with Crippen molar-refractivity contribution in [2.75, 3.05) is 6.54 Å². The van der Waals surface area contributed by atoms with Gasteiger partial charge in [0.25, 0.3) is 0 Å². The van der Waals surface area contributed by atoms with Crippen LogP contribution < -0.4 is 5.32 Å². The van der Waals surface area contributed by atoms with Crippen LogP contribution in [-0.4, -0.2) is 11.1 Å². The quantitative estimate of drug-likeness (QED) is 0.689. The number of hydrogen-bond donors (Lipinski definition) is 1. The fourth-order valence-corrected chi connectivity index (χ4v) is 1.75. The molecule has 1 aromatic rings. The zero-order chi connectivity index (χ0) is 10.4. The molecule has 80 valence electrons. The molecule has 14 heavy (non-hydrogen) atoms. The average molecular weight is 194 g/mol. The lowest BCUT2D eigenvalue weighted by molar-refractivity contribution is 0.599. The molecule has 0 saturated heterocycles. The van der Waals surface area contributed by atoms with Crippen molar-refractivity contribution >= 4 is 0 Å². The highest BCUT2D eigenvalue weighted by molar-refractivity contribution is 5.14. The van der Waals surface area contributed by atoms with E-state index in [1.807, 2.05) is 0 Å². The smallest absolute Gasteiger partial charge is 0.0359 e. The van der Waals surface area contributed by atoms with Gasteiger partial charge in [0.1, 0.15) is 0 Å². The molecule has 1 heterocycles. The number of unbranched alkanes of at least 4 members (excludes halogenated alkanes) is 1. The Morgan fingerprint density at radius 2 is 2.07 bits per heavy atom. The van der Waals surface area contributed by atoms with Crippen molar-refractivity contribution in [1.29, 1.82) is 0 Å². The lowest BCUT2D eigenvalue weighted by atomic mass is 10.3. The van der Waals surface area contributed by atoms with E-state index in [0.29, 0.717) is 0 Å². The van der Waals surface area contributed by atoms with Gasteiger partial charge in [0.05, 0.1) is 0 Å². The third-order valence-electron chi connectivity index (χ3n) is 2.62. The normalized spacial score (nSPS) is 10.8. The Labute approximate surface area is 87.3 Å². The van der Waals surface area contributed by atoms with Crippen molar-refractivity contribution in [1.82, 2.24) is 9.88 Å². The van der Waals surface area contributed by atoms with Crippen LogP contribution in [0.25, 0.3) is 0 Å². The first-order chi connectivity index (χ1) is 6.79. The van der Waals surface area contributed by atoms with Crippen molar-refractivity contribution < 1.29 is 0 Å². The molecule has 1 rings (SSSR count). The summed E-state index contributed by atoms with van der Waals surface area (Å²) in [7, 11) is 0. The summed E-state index contributed by atoms with van der Waals surface area (Å²) in [5.41, 5.74) is 2.76. The molecular weight excluding hydrogens is 172 g/mol. The summed E-state index contributed by atoms with van der Waals surface area (Å²) in [4.78, 5) is 0. The van der Waals surface area contributed by atoms with E-state index in [1.54, 1.807) is 0 Å². The molecule has 0 aliphatic rings. The van der Waals surface area contributed by atoms with Gasteiger partial charge in [0, 0.05) is 24.5 Å². The SMILES string of the molecule is CCCCNCc1ccc(C)n1CC. The first kappa shape index (κ1) is 11.3. The molecule has 1 N–H and O–H groups in total. The van der Waals surface area contributed by atoms with Crippen LogP contribution >= 0.6 is 0 Å². The summed E-state index contributed by atoms with van der Waals surface area (Å²) in [6.07, 6.45) is 2.53. The Hall–Kier alpha value is -0.760. The predicted molar refractivity (Wildman–Crippen MR) is 61.5 cm³/mol. The molecule has 0 amide bonds. The second-order valence-corrected chi connectivity index (χ2v) is 3.74. The molecule has 0 aliphatic heterocycles. The zero-order valence-electron chi connectivity index (χ0n) is 9.64. The van der Waals surface area contributed by atoms with E-state index in [-0.39, 0.29) is 0 Å². The lowest BCUT2D eigenvalue weighted by Crippen LogP contribution is -2.17. The molecule has 0 spiro atoms. The minimum Gasteiger partial charge on any atom is -0.348 e. The van der Waals surface area contributed by atoms with Gasteiger partial charge in [-0.05, 0) is 38.9 Å². The monoisotopic (exact) mass is 194 g/mol. The van der Waals surface area contributed by atoms with Crippen LogP contribution in [0.5, 0.6) is 0 Å². The molecule has 2 nitrogen and oxygen atoms in total. The molecule has 0 saturated carbocycles. The van der Waals surface area contributed by atoms with Crippen LogP contribution in [0.15, 0.2) is 12.1 Å². The maximum Gasteiger partial charge on any atom is 0.0359 e. The Bertz CT molecular complexity index is 263. The standard InChI is InChI=1S/C12H22N2/c1-4-6-9-13-10-12-8-7-11(3)14(12)5-2/h7-8,13H,4-6,9-10H2,1-3H3. The zero-order valence-corrected chi connectivity index (χ0v) is 9.64. The van der Waals surface area contributed by atoms with Crippen molar-refractivity contribution in [2.24, 2.45) is 0 Å². The first-order valence-electron chi connectivity index (χ1n) is 5.65. The number of aryl methyl sites for hydroxylation is 1. The summed E-state index contributed by atoms with van der Waals surface area (Å²) >= 11 is 0. The van der Waals surface area contributed by atoms with Gasteiger partial charge in [0.2, 0.25) is 0 Å². The summed E-state index contributed by atoms with van der Waals surface area (Å²) in [5, 5.41) is 3.47. The third-order valence-corrected chi connectivity index (χ3v) is 2.62. The Kier molecular flexibility index (Phi) is 4.74. The molecule has 0 aliphatic carbocycles. The Morgan fingerprint density at radius 1 is 1.29 bits per heavy atom. The van der Waals surface area contributed by atoms with Gasteiger partial charge in [-0.1, -0.05) is 13.3 Å². The number of aromatic nitrogens is 1. The highest BCUT2D eigenvalue weighted by Crippen LogP contribution is 2.07. The van der Waals surface area contributed by atoms with Crippen molar-refractivity contribution in [2.45, 2.75) is 46.7 Å². The van der Waals surface area contributed by atoms with E-state index >= 15 is 0 Å². The van der Waals surface area contributed by atoms with E-state index in [2.05, 4.69) is 42.8 Å². The molecule has 2 heteroatoms. The first-order valence-corrected chi connectivity index (χ1v) is 5.65. The minimum absolute atomic E-state index is 1.00. The molecule has 0 radical (unpaired) electrons. The summed E-state index contributed by atoms with van der Waals surface area (Å²) in [5.74, 6) is 0. The number of rotatable bonds is 6. The predicted octanol–water partition coefficient (Wildman–Crippen LogP) is 2.71. The van der Waals surface area contributed by atoms with E-state index in [4.69, 9.17) is 0 Å². The largest absolute Gasteiger partial charge is 0.348 e. The minimum atomic E-state index is 1.00. The maximum atomic E-state index is 3.47. The topological polar surface area (TPSA) is 17.0 Å². The van der Waals surface area contributed by atoms with Gasteiger partial charge in [-0.25, -0.2) is 0 Å². The van der Waals surface area contributed by atoms with E-state index in [9.17, 15) is 0 Å². The van der Waals surface area contributed by atoms with Gasteiger partial charge >= 0.3 is 0 Å². The molecule has 0 fully saturated rings. The van der Waals surface area contributed by atoms with Crippen LogP contribution in [0.3, 0.4) is 0 Å². The summed E-state index contributed by atoms with van der Waals surface area (Å²) in [6, 6.07) is 4.41. The Morgan fingerprint density at radius 3 is 2.71 bits per heavy atom. The van der Waals surface area contributed by atoms with Gasteiger partial charge in [-0.15, -0.1) is 0 Å². The van der Waals surface area contributed by atoms with Crippen molar-refractivity contribution in [3.63, 3.8) is 0 Å². The van der Waals surface area contributed by atoms with Crippen LogP contribution in [-0.2, 0) is 13.1 Å². The van der Waals surface area contributed by atoms with Gasteiger partial charge in [-0.2, -0.15) is 0 Å². The average Bonchev–Trinajstić information content (AvgIpc) is 2.54. The van der Waals surface area contributed by atoms with Gasteiger partial charge in [0.15, 0.2) is 0 Å². The van der Waals surface area contributed by atoms with Crippen molar-refractivity contribution in [3.05, 3.63) is 23.5 Å². The number of hydrogen-bond acceptors (Lipinski definition) is 1. The highest BCUT2D eigenvalue weighted by atomic mass is 15.0. The second-order valence-electron chi connectivity index (χ2n) is 3.74. The van der Waals surface area contributed by atoms with E-state index in [1.165, 1.54) is 24.2 Å². The van der Waals surface area contributed by atoms with Crippen molar-refractivity contribution in [3.8, 4) is 0 Å². The maximum absolute atomic E-state index is 3.47.